The summed E-state index contributed by atoms with van der Waals surface area (Å²) >= 11 is 0. The van der Waals surface area contributed by atoms with Gasteiger partial charge in [-0.3, -0.25) is 4.79 Å². The van der Waals surface area contributed by atoms with Crippen LogP contribution in [-0.4, -0.2) is 28.7 Å². The lowest BCUT2D eigenvalue weighted by atomic mass is 9.87. The quantitative estimate of drug-likeness (QED) is 0.715. The number of pyridine rings is 1. The lowest BCUT2D eigenvalue weighted by Gasteiger charge is -2.15. The Morgan fingerprint density at radius 3 is 2.79 bits per heavy atom. The number of ether oxygens (including phenoxy) is 1. The highest BCUT2D eigenvalue weighted by Gasteiger charge is 2.28. The van der Waals surface area contributed by atoms with E-state index in [0.717, 1.165) is 23.9 Å². The molecule has 2 aromatic heterocycles. The third-order valence-corrected chi connectivity index (χ3v) is 5.24. The van der Waals surface area contributed by atoms with Gasteiger partial charge < -0.3 is 10.1 Å². The van der Waals surface area contributed by atoms with E-state index in [9.17, 15) is 14.4 Å². The molecule has 1 aromatic carbocycles. The van der Waals surface area contributed by atoms with Crippen molar-refractivity contribution < 1.29 is 13.9 Å². The molecule has 4 rings (SSSR count). The number of aromatic nitrogens is 2. The number of fused-ring (bicyclic) bond motifs is 1. The first kappa shape index (κ1) is 18.9. The number of carbonyl (C=O) groups excluding carboxylic acids is 1. The second-order valence-corrected chi connectivity index (χ2v) is 7.83. The molecule has 0 atom stereocenters. The Bertz CT molecular complexity index is 1160. The maximum absolute atomic E-state index is 14.9. The van der Waals surface area contributed by atoms with Crippen LogP contribution < -0.4 is 10.1 Å². The number of carbonyl (C=O) groups is 1. The topological polar surface area (TPSA) is 79.4 Å². The summed E-state index contributed by atoms with van der Waals surface area (Å²) in [5.41, 5.74) is 2.13. The van der Waals surface area contributed by atoms with Crippen LogP contribution in [0, 0.1) is 17.1 Å². The van der Waals surface area contributed by atoms with Crippen LogP contribution in [0.5, 0.6) is 5.75 Å². The van der Waals surface area contributed by atoms with E-state index < -0.39 is 17.1 Å². The highest BCUT2D eigenvalue weighted by Crippen LogP contribution is 2.33. The first-order valence-electron chi connectivity index (χ1n) is 9.42. The summed E-state index contributed by atoms with van der Waals surface area (Å²) in [5, 5.41) is 16.5. The molecule has 2 heterocycles. The maximum atomic E-state index is 14.9. The third-order valence-electron chi connectivity index (χ3n) is 5.24. The van der Waals surface area contributed by atoms with Crippen molar-refractivity contribution in [2.24, 2.45) is 0 Å². The number of halogens is 1. The van der Waals surface area contributed by atoms with E-state index in [1.165, 1.54) is 13.2 Å². The molecule has 1 N–H and O–H groups in total. The molecule has 0 aliphatic heterocycles. The van der Waals surface area contributed by atoms with Crippen LogP contribution in [0.4, 0.5) is 4.39 Å². The molecule has 1 fully saturated rings. The van der Waals surface area contributed by atoms with Gasteiger partial charge in [0.05, 0.1) is 30.3 Å². The summed E-state index contributed by atoms with van der Waals surface area (Å²) in [6.45, 7) is 3.68. The van der Waals surface area contributed by atoms with E-state index >= 15 is 0 Å². The van der Waals surface area contributed by atoms with E-state index in [-0.39, 0.29) is 17.4 Å². The number of nitrogens with zero attached hydrogens (tertiary/aromatic N) is 3. The monoisotopic (exact) mass is 392 g/mol. The van der Waals surface area contributed by atoms with Gasteiger partial charge in [-0.1, -0.05) is 6.07 Å². The molecule has 0 radical (unpaired) electrons. The summed E-state index contributed by atoms with van der Waals surface area (Å²) in [7, 11) is 1.42. The summed E-state index contributed by atoms with van der Waals surface area (Å²) in [6.07, 6.45) is 5.27. The minimum Gasteiger partial charge on any atom is -0.496 e. The van der Waals surface area contributed by atoms with Gasteiger partial charge in [0.2, 0.25) is 0 Å². The summed E-state index contributed by atoms with van der Waals surface area (Å²) in [4.78, 5) is 12.4. The van der Waals surface area contributed by atoms with E-state index in [2.05, 4.69) is 16.5 Å². The van der Waals surface area contributed by atoms with Gasteiger partial charge in [-0.15, -0.1) is 0 Å². The van der Waals surface area contributed by atoms with Gasteiger partial charge in [0.15, 0.2) is 0 Å². The second kappa shape index (κ2) is 6.89. The van der Waals surface area contributed by atoms with E-state index in [4.69, 9.17) is 4.74 Å². The molecule has 148 valence electrons. The summed E-state index contributed by atoms with van der Waals surface area (Å²) < 4.78 is 21.9. The van der Waals surface area contributed by atoms with Crippen LogP contribution in [0.1, 0.15) is 42.6 Å². The molecule has 29 heavy (non-hydrogen) atoms. The minimum absolute atomic E-state index is 0.0855. The Hall–Kier alpha value is -3.40. The molecule has 0 unspecified atom stereocenters. The standard InChI is InChI=1S/C22H21FN4O2/c1-22(2,12-24)14-4-7-18-16(10-25-27(18)11-14)13-8-17(23)20(19(9-13)29-3)21(28)26-15-5-6-15/h4,7-11,15H,5-6H2,1-3H3,(H,26,28). The fraction of sp³-hybridized carbons (Fsp3) is 0.318. The van der Waals surface area contributed by atoms with Crippen LogP contribution in [-0.2, 0) is 5.41 Å². The van der Waals surface area contributed by atoms with Crippen LogP contribution >= 0.6 is 0 Å². The lowest BCUT2D eigenvalue weighted by Crippen LogP contribution is -2.26. The normalized spacial score (nSPS) is 13.9. The SMILES string of the molecule is COc1cc(-c2cnn3cc(C(C)(C)C#N)ccc23)cc(F)c1C(=O)NC1CC1. The average Bonchev–Trinajstić information content (AvgIpc) is 3.41. The number of nitriles is 1. The van der Waals surface area contributed by atoms with Gasteiger partial charge in [0.1, 0.15) is 17.1 Å². The Kier molecular flexibility index (Phi) is 4.50. The van der Waals surface area contributed by atoms with E-state index in [1.807, 2.05) is 26.0 Å². The number of methoxy groups -OCH3 is 1. The van der Waals surface area contributed by atoms with Crippen molar-refractivity contribution >= 4 is 11.4 Å². The predicted octanol–water partition coefficient (Wildman–Crippen LogP) is 3.84. The van der Waals surface area contributed by atoms with Gasteiger partial charge >= 0.3 is 0 Å². The highest BCUT2D eigenvalue weighted by atomic mass is 19.1. The third kappa shape index (κ3) is 3.42. The molecule has 3 aromatic rings. The number of hydrogen-bond acceptors (Lipinski definition) is 4. The molecule has 6 nitrogen and oxygen atoms in total. The zero-order valence-electron chi connectivity index (χ0n) is 16.5. The molecular formula is C22H21FN4O2. The fourth-order valence-corrected chi connectivity index (χ4v) is 3.24. The molecule has 0 bridgehead atoms. The van der Waals surface area contributed by atoms with E-state index in [0.29, 0.717) is 11.1 Å². The second-order valence-electron chi connectivity index (χ2n) is 7.83. The Morgan fingerprint density at radius 1 is 1.38 bits per heavy atom. The lowest BCUT2D eigenvalue weighted by molar-refractivity contribution is 0.0944. The zero-order chi connectivity index (χ0) is 20.8. The number of hydrogen-bond donors (Lipinski definition) is 1. The van der Waals surface area contributed by atoms with Gasteiger partial charge in [0.25, 0.3) is 5.91 Å². The fourth-order valence-electron chi connectivity index (χ4n) is 3.24. The van der Waals surface area contributed by atoms with Crippen LogP contribution in [0.15, 0.2) is 36.7 Å². The van der Waals surface area contributed by atoms with Crippen molar-refractivity contribution in [1.82, 2.24) is 14.9 Å². The maximum Gasteiger partial charge on any atom is 0.258 e. The Labute approximate surface area is 167 Å². The van der Waals surface area contributed by atoms with Gasteiger partial charge in [0, 0.05) is 17.8 Å². The minimum atomic E-state index is -0.647. The van der Waals surface area contributed by atoms with Gasteiger partial charge in [-0.2, -0.15) is 10.4 Å². The number of benzene rings is 1. The first-order valence-corrected chi connectivity index (χ1v) is 9.42. The van der Waals surface area contributed by atoms with Crippen molar-refractivity contribution in [2.75, 3.05) is 7.11 Å². The molecular weight excluding hydrogens is 371 g/mol. The molecule has 0 spiro atoms. The Morgan fingerprint density at radius 2 is 2.14 bits per heavy atom. The number of nitrogens with one attached hydrogen (secondary N) is 1. The smallest absolute Gasteiger partial charge is 0.258 e. The van der Waals surface area contributed by atoms with Crippen molar-refractivity contribution in [3.05, 3.63) is 53.6 Å². The predicted molar refractivity (Wildman–Crippen MR) is 106 cm³/mol. The van der Waals surface area contributed by atoms with Crippen molar-refractivity contribution in [2.45, 2.75) is 38.1 Å². The van der Waals surface area contributed by atoms with Crippen LogP contribution in [0.2, 0.25) is 0 Å². The molecule has 1 amide bonds. The summed E-state index contributed by atoms with van der Waals surface area (Å²) in [6, 6.07) is 9.10. The number of rotatable bonds is 5. The highest BCUT2D eigenvalue weighted by molar-refractivity contribution is 5.98. The van der Waals surface area contributed by atoms with Gasteiger partial charge in [-0.05, 0) is 56.0 Å². The van der Waals surface area contributed by atoms with Crippen molar-refractivity contribution in [3.63, 3.8) is 0 Å². The average molecular weight is 392 g/mol. The first-order chi connectivity index (χ1) is 13.8. The van der Waals surface area contributed by atoms with Crippen LogP contribution in [0.3, 0.4) is 0 Å². The molecule has 0 saturated heterocycles. The Balaban J connectivity index is 1.76. The molecule has 1 aliphatic carbocycles. The van der Waals surface area contributed by atoms with Crippen molar-refractivity contribution in [3.8, 4) is 22.9 Å². The molecule has 1 aliphatic rings. The van der Waals surface area contributed by atoms with E-state index in [1.54, 1.807) is 23.0 Å². The largest absolute Gasteiger partial charge is 0.496 e. The summed E-state index contributed by atoms with van der Waals surface area (Å²) in [5.74, 6) is -0.921. The van der Waals surface area contributed by atoms with Crippen molar-refractivity contribution in [1.29, 1.82) is 5.26 Å². The van der Waals surface area contributed by atoms with Gasteiger partial charge in [-0.25, -0.2) is 8.91 Å². The zero-order valence-corrected chi connectivity index (χ0v) is 16.5. The molecule has 7 heteroatoms. The van der Waals surface area contributed by atoms with Crippen LogP contribution in [0.25, 0.3) is 16.6 Å². The number of amides is 1. The molecule has 1 saturated carbocycles.